The van der Waals surface area contributed by atoms with Gasteiger partial charge in [-0.25, -0.2) is 0 Å². The van der Waals surface area contributed by atoms with Crippen molar-refractivity contribution in [2.75, 3.05) is 0 Å². The number of unbranched alkanes of at least 4 members (excludes halogenated alkanes) is 12. The Hall–Kier alpha value is -1.96. The summed E-state index contributed by atoms with van der Waals surface area (Å²) in [4.78, 5) is 0. The van der Waals surface area contributed by atoms with Crippen molar-refractivity contribution < 1.29 is 10.2 Å². The van der Waals surface area contributed by atoms with Crippen LogP contribution in [0.1, 0.15) is 114 Å². The van der Waals surface area contributed by atoms with E-state index in [4.69, 9.17) is 0 Å². The molecule has 0 aliphatic rings. The Labute approximate surface area is 184 Å². The molecule has 0 saturated heterocycles. The lowest BCUT2D eigenvalue weighted by Gasteiger charge is -2.19. The van der Waals surface area contributed by atoms with Gasteiger partial charge < -0.3 is 10.2 Å². The number of hydrogen-bond acceptors (Lipinski definition) is 2. The quantitative estimate of drug-likeness (QED) is 0.272. The van der Waals surface area contributed by atoms with Crippen molar-refractivity contribution in [3.8, 4) is 11.5 Å². The highest BCUT2D eigenvalue weighted by Gasteiger charge is 2.17. The van der Waals surface area contributed by atoms with Gasteiger partial charge in [0.05, 0.1) is 0 Å². The lowest BCUT2D eigenvalue weighted by Crippen LogP contribution is -2.02. The van der Waals surface area contributed by atoms with E-state index in [1.165, 1.54) is 77.0 Å². The molecule has 0 aliphatic carbocycles. The van der Waals surface area contributed by atoms with E-state index in [2.05, 4.69) is 6.92 Å². The van der Waals surface area contributed by atoms with Gasteiger partial charge in [-0.2, -0.15) is 0 Å². The molecular weight excluding hydrogens is 368 g/mol. The SMILES string of the molecule is CCCCCCCCCCCCCCCC(c1ccc(O)cc1)c1ccccc1O. The van der Waals surface area contributed by atoms with E-state index < -0.39 is 0 Å². The average molecular weight is 411 g/mol. The van der Waals surface area contributed by atoms with E-state index in [1.807, 2.05) is 30.3 Å². The minimum atomic E-state index is 0.180. The number of hydrogen-bond donors (Lipinski definition) is 2. The summed E-state index contributed by atoms with van der Waals surface area (Å²) in [6.07, 6.45) is 18.7. The number of phenolic OH excluding ortho intramolecular Hbond substituents is 2. The highest BCUT2D eigenvalue weighted by atomic mass is 16.3. The maximum atomic E-state index is 10.4. The highest BCUT2D eigenvalue weighted by molar-refractivity contribution is 5.42. The molecule has 0 amide bonds. The molecule has 0 aromatic heterocycles. The van der Waals surface area contributed by atoms with E-state index in [-0.39, 0.29) is 11.7 Å². The third-order valence-corrected chi connectivity index (χ3v) is 6.20. The molecule has 1 unspecified atom stereocenters. The molecule has 2 aromatic rings. The Morgan fingerprint density at radius 1 is 0.600 bits per heavy atom. The van der Waals surface area contributed by atoms with Gasteiger partial charge in [0.25, 0.3) is 0 Å². The monoisotopic (exact) mass is 410 g/mol. The van der Waals surface area contributed by atoms with Crippen LogP contribution in [0.3, 0.4) is 0 Å². The number of para-hydroxylation sites is 1. The summed E-state index contributed by atoms with van der Waals surface area (Å²) in [5, 5.41) is 20.0. The van der Waals surface area contributed by atoms with Gasteiger partial charge in [-0.05, 0) is 30.2 Å². The van der Waals surface area contributed by atoms with Gasteiger partial charge in [-0.3, -0.25) is 0 Å². The van der Waals surface area contributed by atoms with Crippen LogP contribution in [0.2, 0.25) is 0 Å². The Balaban J connectivity index is 1.65. The Morgan fingerprint density at radius 2 is 1.10 bits per heavy atom. The summed E-state index contributed by atoms with van der Waals surface area (Å²) < 4.78 is 0. The largest absolute Gasteiger partial charge is 0.508 e. The molecular formula is C28H42O2. The summed E-state index contributed by atoms with van der Waals surface area (Å²) in [5.41, 5.74) is 2.15. The third-order valence-electron chi connectivity index (χ3n) is 6.20. The molecule has 0 saturated carbocycles. The van der Waals surface area contributed by atoms with Crippen LogP contribution in [-0.2, 0) is 0 Å². The zero-order chi connectivity index (χ0) is 21.4. The van der Waals surface area contributed by atoms with Crippen molar-refractivity contribution in [1.29, 1.82) is 0 Å². The van der Waals surface area contributed by atoms with Crippen LogP contribution in [0, 0.1) is 0 Å². The highest BCUT2D eigenvalue weighted by Crippen LogP contribution is 2.35. The lowest BCUT2D eigenvalue weighted by molar-refractivity contribution is 0.459. The first-order chi connectivity index (χ1) is 14.7. The van der Waals surface area contributed by atoms with E-state index >= 15 is 0 Å². The van der Waals surface area contributed by atoms with Crippen molar-refractivity contribution in [3.05, 3.63) is 59.7 Å². The van der Waals surface area contributed by atoms with E-state index in [9.17, 15) is 10.2 Å². The summed E-state index contributed by atoms with van der Waals surface area (Å²) >= 11 is 0. The fourth-order valence-corrected chi connectivity index (χ4v) is 4.36. The van der Waals surface area contributed by atoms with E-state index in [0.717, 1.165) is 24.0 Å². The van der Waals surface area contributed by atoms with Crippen LogP contribution in [0.5, 0.6) is 11.5 Å². The molecule has 1 atom stereocenters. The maximum Gasteiger partial charge on any atom is 0.119 e. The van der Waals surface area contributed by atoms with E-state index in [0.29, 0.717) is 5.75 Å². The summed E-state index contributed by atoms with van der Waals surface area (Å²) in [5.74, 6) is 0.834. The van der Waals surface area contributed by atoms with Crippen molar-refractivity contribution >= 4 is 0 Å². The zero-order valence-electron chi connectivity index (χ0n) is 19.0. The van der Waals surface area contributed by atoms with Crippen molar-refractivity contribution in [3.63, 3.8) is 0 Å². The third kappa shape index (κ3) is 9.24. The molecule has 2 N–H and O–H groups in total. The second-order valence-electron chi connectivity index (χ2n) is 8.73. The molecule has 2 rings (SSSR count). The maximum absolute atomic E-state index is 10.4. The molecule has 0 spiro atoms. The van der Waals surface area contributed by atoms with Crippen molar-refractivity contribution in [1.82, 2.24) is 0 Å². The average Bonchev–Trinajstić information content (AvgIpc) is 2.76. The lowest BCUT2D eigenvalue weighted by atomic mass is 9.86. The number of phenols is 2. The second kappa shape index (κ2) is 14.9. The minimum Gasteiger partial charge on any atom is -0.508 e. The number of rotatable bonds is 16. The molecule has 0 heterocycles. The van der Waals surface area contributed by atoms with Crippen LogP contribution in [0.25, 0.3) is 0 Å². The molecule has 0 fully saturated rings. The van der Waals surface area contributed by atoms with Gasteiger partial charge in [-0.15, -0.1) is 0 Å². The molecule has 2 aromatic carbocycles. The van der Waals surface area contributed by atoms with Crippen LogP contribution in [0.4, 0.5) is 0 Å². The topological polar surface area (TPSA) is 40.5 Å². The molecule has 2 heteroatoms. The summed E-state index contributed by atoms with van der Waals surface area (Å²) in [6.45, 7) is 2.28. The smallest absolute Gasteiger partial charge is 0.119 e. The van der Waals surface area contributed by atoms with Crippen LogP contribution in [0.15, 0.2) is 48.5 Å². The first kappa shape index (κ1) is 24.3. The fourth-order valence-electron chi connectivity index (χ4n) is 4.36. The van der Waals surface area contributed by atoms with Gasteiger partial charge in [0.1, 0.15) is 11.5 Å². The number of benzene rings is 2. The summed E-state index contributed by atoms with van der Waals surface area (Å²) in [6, 6.07) is 15.1. The van der Waals surface area contributed by atoms with Gasteiger partial charge in [0, 0.05) is 11.5 Å². The molecule has 2 nitrogen and oxygen atoms in total. The van der Waals surface area contributed by atoms with Crippen molar-refractivity contribution in [2.24, 2.45) is 0 Å². The van der Waals surface area contributed by atoms with Crippen LogP contribution < -0.4 is 0 Å². The Morgan fingerprint density at radius 3 is 1.63 bits per heavy atom. The van der Waals surface area contributed by atoms with Gasteiger partial charge in [0.2, 0.25) is 0 Å². The summed E-state index contributed by atoms with van der Waals surface area (Å²) in [7, 11) is 0. The number of aromatic hydroxyl groups is 2. The molecule has 166 valence electrons. The standard InChI is InChI=1S/C28H42O2/c1-2-3-4-5-6-7-8-9-10-11-12-13-14-17-26(24-20-22-25(29)23-21-24)27-18-15-16-19-28(27)30/h15-16,18-23,26,29-30H,2-14,17H2,1H3. The van der Waals surface area contributed by atoms with E-state index in [1.54, 1.807) is 18.2 Å². The fraction of sp³-hybridized carbons (Fsp3) is 0.571. The molecule has 0 radical (unpaired) electrons. The second-order valence-corrected chi connectivity index (χ2v) is 8.73. The van der Waals surface area contributed by atoms with Crippen LogP contribution >= 0.6 is 0 Å². The van der Waals surface area contributed by atoms with Crippen molar-refractivity contribution in [2.45, 2.75) is 103 Å². The van der Waals surface area contributed by atoms with Crippen LogP contribution in [-0.4, -0.2) is 10.2 Å². The zero-order valence-corrected chi connectivity index (χ0v) is 19.0. The molecule has 0 aliphatic heterocycles. The van der Waals surface area contributed by atoms with Gasteiger partial charge >= 0.3 is 0 Å². The Kier molecular flexibility index (Phi) is 12.1. The van der Waals surface area contributed by atoms with Gasteiger partial charge in [0.15, 0.2) is 0 Å². The first-order valence-electron chi connectivity index (χ1n) is 12.3. The first-order valence-corrected chi connectivity index (χ1v) is 12.3. The Bertz CT molecular complexity index is 677. The minimum absolute atomic E-state index is 0.180. The predicted molar refractivity (Wildman–Crippen MR) is 128 cm³/mol. The normalized spacial score (nSPS) is 12.2. The predicted octanol–water partition coefficient (Wildman–Crippen LogP) is 8.71. The molecule has 30 heavy (non-hydrogen) atoms. The van der Waals surface area contributed by atoms with Gasteiger partial charge in [-0.1, -0.05) is 121 Å². The molecule has 0 bridgehead atoms.